The normalized spacial score (nSPS) is 28.0. The zero-order valence-electron chi connectivity index (χ0n) is 10.7. The molecule has 3 atom stereocenters. The standard InChI is InChI=1S/C12H22O4S/c1-8(2)11(12(13)14)17(15,16)10-6-4-5-9(3)7-10/h8-11H,4-7H2,1-3H3,(H,13,14). The largest absolute Gasteiger partial charge is 0.480 e. The van der Waals surface area contributed by atoms with Crippen molar-refractivity contribution in [3.63, 3.8) is 0 Å². The highest BCUT2D eigenvalue weighted by Gasteiger charge is 2.42. The minimum atomic E-state index is -3.56. The van der Waals surface area contributed by atoms with E-state index in [2.05, 4.69) is 0 Å². The molecular weight excluding hydrogens is 240 g/mol. The topological polar surface area (TPSA) is 71.4 Å². The Kier molecular flexibility index (Phi) is 4.58. The van der Waals surface area contributed by atoms with E-state index in [1.165, 1.54) is 0 Å². The number of sulfone groups is 1. The smallest absolute Gasteiger partial charge is 0.322 e. The molecule has 0 aromatic rings. The molecule has 3 unspecified atom stereocenters. The van der Waals surface area contributed by atoms with Gasteiger partial charge in [0.05, 0.1) is 5.25 Å². The van der Waals surface area contributed by atoms with Crippen LogP contribution in [0.5, 0.6) is 0 Å². The summed E-state index contributed by atoms with van der Waals surface area (Å²) in [6, 6.07) is 0. The fraction of sp³-hybridized carbons (Fsp3) is 0.917. The third-order valence-electron chi connectivity index (χ3n) is 3.56. The predicted molar refractivity (Wildman–Crippen MR) is 66.6 cm³/mol. The molecular formula is C12H22O4S. The SMILES string of the molecule is CC1CCCC(S(=O)(=O)C(C(=O)O)C(C)C)C1. The van der Waals surface area contributed by atoms with Crippen LogP contribution in [0.15, 0.2) is 0 Å². The van der Waals surface area contributed by atoms with Gasteiger partial charge in [0.15, 0.2) is 15.1 Å². The molecule has 0 bridgehead atoms. The summed E-state index contributed by atoms with van der Waals surface area (Å²) in [5.74, 6) is -1.21. The minimum Gasteiger partial charge on any atom is -0.480 e. The number of carboxylic acids is 1. The lowest BCUT2D eigenvalue weighted by molar-refractivity contribution is -0.137. The van der Waals surface area contributed by atoms with Gasteiger partial charge in [-0.2, -0.15) is 0 Å². The molecule has 0 amide bonds. The number of carbonyl (C=O) groups is 1. The fourth-order valence-electron chi connectivity index (χ4n) is 2.69. The van der Waals surface area contributed by atoms with Gasteiger partial charge in [0.1, 0.15) is 0 Å². The van der Waals surface area contributed by atoms with Crippen LogP contribution in [0.2, 0.25) is 0 Å². The molecule has 100 valence electrons. The number of hydrogen-bond donors (Lipinski definition) is 1. The van der Waals surface area contributed by atoms with E-state index >= 15 is 0 Å². The first-order valence-corrected chi connectivity index (χ1v) is 7.83. The highest BCUT2D eigenvalue weighted by atomic mass is 32.2. The van der Waals surface area contributed by atoms with Crippen LogP contribution in [0.3, 0.4) is 0 Å². The van der Waals surface area contributed by atoms with E-state index < -0.39 is 26.3 Å². The van der Waals surface area contributed by atoms with Crippen molar-refractivity contribution in [2.24, 2.45) is 11.8 Å². The second-order valence-corrected chi connectivity index (χ2v) is 7.84. The van der Waals surface area contributed by atoms with E-state index in [1.807, 2.05) is 6.92 Å². The molecule has 0 heterocycles. The van der Waals surface area contributed by atoms with Crippen LogP contribution in [0.1, 0.15) is 46.5 Å². The van der Waals surface area contributed by atoms with Crippen molar-refractivity contribution in [2.75, 3.05) is 0 Å². The minimum absolute atomic E-state index is 0.380. The van der Waals surface area contributed by atoms with Crippen LogP contribution in [0, 0.1) is 11.8 Å². The number of hydrogen-bond acceptors (Lipinski definition) is 3. The van der Waals surface area contributed by atoms with Crippen molar-refractivity contribution in [1.29, 1.82) is 0 Å². The second-order valence-electron chi connectivity index (χ2n) is 5.49. The molecule has 17 heavy (non-hydrogen) atoms. The van der Waals surface area contributed by atoms with Crippen LogP contribution in [-0.2, 0) is 14.6 Å². The first-order chi connectivity index (χ1) is 7.76. The Bertz CT molecular complexity index is 372. The monoisotopic (exact) mass is 262 g/mol. The molecule has 0 radical (unpaired) electrons. The van der Waals surface area contributed by atoms with Gasteiger partial charge < -0.3 is 5.11 Å². The lowest BCUT2D eigenvalue weighted by Gasteiger charge is -2.29. The highest BCUT2D eigenvalue weighted by Crippen LogP contribution is 2.32. The summed E-state index contributed by atoms with van der Waals surface area (Å²) in [5.41, 5.74) is 0. The van der Waals surface area contributed by atoms with Crippen LogP contribution in [-0.4, -0.2) is 30.0 Å². The van der Waals surface area contributed by atoms with Crippen LogP contribution >= 0.6 is 0 Å². The molecule has 1 fully saturated rings. The Balaban J connectivity index is 2.95. The van der Waals surface area contributed by atoms with Crippen molar-refractivity contribution in [2.45, 2.75) is 57.0 Å². The van der Waals surface area contributed by atoms with Crippen LogP contribution in [0.25, 0.3) is 0 Å². The Morgan fingerprint density at radius 2 is 1.88 bits per heavy atom. The van der Waals surface area contributed by atoms with Crippen LogP contribution in [0.4, 0.5) is 0 Å². The molecule has 1 aliphatic rings. The summed E-state index contributed by atoms with van der Waals surface area (Å²) in [4.78, 5) is 11.1. The van der Waals surface area contributed by atoms with Gasteiger partial charge in [0.25, 0.3) is 0 Å². The lowest BCUT2D eigenvalue weighted by Crippen LogP contribution is -2.42. The van der Waals surface area contributed by atoms with E-state index in [-0.39, 0.29) is 5.92 Å². The third-order valence-corrected chi connectivity index (χ3v) is 6.37. The van der Waals surface area contributed by atoms with Crippen molar-refractivity contribution in [3.05, 3.63) is 0 Å². The molecule has 1 rings (SSSR count). The van der Waals surface area contributed by atoms with E-state index in [1.54, 1.807) is 13.8 Å². The first kappa shape index (κ1) is 14.5. The maximum Gasteiger partial charge on any atom is 0.322 e. The van der Waals surface area contributed by atoms with E-state index in [9.17, 15) is 13.2 Å². The molecule has 0 aliphatic heterocycles. The van der Waals surface area contributed by atoms with Crippen LogP contribution < -0.4 is 0 Å². The number of rotatable bonds is 4. The summed E-state index contributed by atoms with van der Waals surface area (Å²) in [7, 11) is -3.56. The van der Waals surface area contributed by atoms with Crippen molar-refractivity contribution in [3.8, 4) is 0 Å². The summed E-state index contributed by atoms with van der Waals surface area (Å²) >= 11 is 0. The summed E-state index contributed by atoms with van der Waals surface area (Å²) in [5, 5.41) is 7.38. The van der Waals surface area contributed by atoms with Gasteiger partial charge in [0.2, 0.25) is 0 Å². The van der Waals surface area contributed by atoms with Gasteiger partial charge >= 0.3 is 5.97 Å². The average molecular weight is 262 g/mol. The lowest BCUT2D eigenvalue weighted by atomic mass is 9.90. The zero-order valence-corrected chi connectivity index (χ0v) is 11.5. The Labute approximate surface area is 103 Å². The highest BCUT2D eigenvalue weighted by molar-refractivity contribution is 7.93. The van der Waals surface area contributed by atoms with E-state index in [0.717, 1.165) is 12.8 Å². The Morgan fingerprint density at radius 1 is 1.29 bits per heavy atom. The van der Waals surface area contributed by atoms with Gasteiger partial charge in [-0.25, -0.2) is 8.42 Å². The predicted octanol–water partition coefficient (Wildman–Crippen LogP) is 2.09. The molecule has 5 heteroatoms. The quantitative estimate of drug-likeness (QED) is 0.842. The fourth-order valence-corrected chi connectivity index (χ4v) is 5.24. The van der Waals surface area contributed by atoms with Crippen molar-refractivity contribution in [1.82, 2.24) is 0 Å². The van der Waals surface area contributed by atoms with Gasteiger partial charge in [-0.15, -0.1) is 0 Å². The third kappa shape index (κ3) is 3.21. The molecule has 0 aromatic carbocycles. The number of carboxylic acid groups (broad SMARTS) is 1. The number of aliphatic carboxylic acids is 1. The van der Waals surface area contributed by atoms with E-state index in [0.29, 0.717) is 18.8 Å². The molecule has 1 aliphatic carbocycles. The molecule has 0 saturated heterocycles. The summed E-state index contributed by atoms with van der Waals surface area (Å²) < 4.78 is 24.7. The second kappa shape index (κ2) is 5.38. The Morgan fingerprint density at radius 3 is 2.29 bits per heavy atom. The molecule has 1 saturated carbocycles. The first-order valence-electron chi connectivity index (χ1n) is 6.22. The van der Waals surface area contributed by atoms with Crippen molar-refractivity contribution < 1.29 is 18.3 Å². The molecule has 1 N–H and O–H groups in total. The van der Waals surface area contributed by atoms with E-state index in [4.69, 9.17) is 5.11 Å². The molecule has 0 aromatic heterocycles. The van der Waals surface area contributed by atoms with Gasteiger partial charge in [0, 0.05) is 0 Å². The van der Waals surface area contributed by atoms with Crippen molar-refractivity contribution >= 4 is 15.8 Å². The summed E-state index contributed by atoms with van der Waals surface area (Å²) in [6.07, 6.45) is 3.16. The Hall–Kier alpha value is -0.580. The molecule has 4 nitrogen and oxygen atoms in total. The maximum absolute atomic E-state index is 12.3. The molecule has 0 spiro atoms. The zero-order chi connectivity index (χ0) is 13.2. The average Bonchev–Trinajstić information content (AvgIpc) is 2.15. The van der Waals surface area contributed by atoms with Gasteiger partial charge in [-0.3, -0.25) is 4.79 Å². The van der Waals surface area contributed by atoms with Gasteiger partial charge in [-0.05, 0) is 24.7 Å². The van der Waals surface area contributed by atoms with Gasteiger partial charge in [-0.1, -0.05) is 33.6 Å². The summed E-state index contributed by atoms with van der Waals surface area (Å²) in [6.45, 7) is 5.35. The maximum atomic E-state index is 12.3.